The van der Waals surface area contributed by atoms with E-state index in [9.17, 15) is 0 Å². The van der Waals surface area contributed by atoms with Crippen molar-refractivity contribution in [2.45, 2.75) is 6.42 Å². The standard InChI is InChI=1S/C21H20N6/c1-13-8-9-22-21-16(4-3-5-19(21)24-13)14-6-7-18-17(10-14)20(26-25-18)15-11-23-27(2)12-15/h3-7,10-12,22,24H,1,8-9H2,2H3,(H,25,26). The summed E-state index contributed by atoms with van der Waals surface area (Å²) < 4.78 is 1.79. The number of aromatic nitrogens is 4. The molecule has 2 aromatic heterocycles. The van der Waals surface area contributed by atoms with Crippen LogP contribution in [0.4, 0.5) is 11.4 Å². The van der Waals surface area contributed by atoms with Gasteiger partial charge in [-0.25, -0.2) is 0 Å². The van der Waals surface area contributed by atoms with Crippen LogP contribution in [0, 0.1) is 0 Å². The van der Waals surface area contributed by atoms with Crippen LogP contribution in [0.5, 0.6) is 0 Å². The number of fused-ring (bicyclic) bond motifs is 2. The lowest BCUT2D eigenvalue weighted by Gasteiger charge is -2.14. The Morgan fingerprint density at radius 3 is 2.93 bits per heavy atom. The summed E-state index contributed by atoms with van der Waals surface area (Å²) in [5.41, 5.74) is 8.45. The summed E-state index contributed by atoms with van der Waals surface area (Å²) in [4.78, 5) is 0. The van der Waals surface area contributed by atoms with Crippen molar-refractivity contribution >= 4 is 22.3 Å². The van der Waals surface area contributed by atoms with Crippen LogP contribution < -0.4 is 10.6 Å². The van der Waals surface area contributed by atoms with Crippen molar-refractivity contribution in [1.29, 1.82) is 0 Å². The van der Waals surface area contributed by atoms with Gasteiger partial charge in [0.05, 0.1) is 23.1 Å². The first-order valence-electron chi connectivity index (χ1n) is 8.98. The molecule has 0 spiro atoms. The molecule has 0 amide bonds. The Morgan fingerprint density at radius 1 is 1.15 bits per heavy atom. The molecule has 0 bridgehead atoms. The fourth-order valence-corrected chi connectivity index (χ4v) is 3.62. The molecule has 0 saturated heterocycles. The Labute approximate surface area is 156 Å². The Balaban J connectivity index is 1.66. The quantitative estimate of drug-likeness (QED) is 0.499. The van der Waals surface area contributed by atoms with Crippen LogP contribution in [0.15, 0.2) is 61.1 Å². The number of hydrogen-bond acceptors (Lipinski definition) is 4. The zero-order chi connectivity index (χ0) is 18.4. The van der Waals surface area contributed by atoms with Crippen LogP contribution in [0.25, 0.3) is 33.3 Å². The SMILES string of the molecule is C=C1CCNc2c(cccc2-c2ccc3[nH]nc(-c4cnn(C)c4)c3c2)N1. The van der Waals surface area contributed by atoms with Crippen molar-refractivity contribution in [1.82, 2.24) is 20.0 Å². The number of H-pyrrole nitrogens is 1. The highest BCUT2D eigenvalue weighted by Crippen LogP contribution is 2.38. The normalized spacial score (nSPS) is 13.7. The second-order valence-electron chi connectivity index (χ2n) is 6.87. The van der Waals surface area contributed by atoms with Crippen LogP contribution >= 0.6 is 0 Å². The minimum absolute atomic E-state index is 0.866. The summed E-state index contributed by atoms with van der Waals surface area (Å²) >= 11 is 0. The first-order valence-corrected chi connectivity index (χ1v) is 8.98. The van der Waals surface area contributed by atoms with Crippen LogP contribution in [-0.2, 0) is 7.05 Å². The predicted octanol–water partition coefficient (Wildman–Crippen LogP) is 4.37. The minimum atomic E-state index is 0.866. The molecule has 1 aliphatic rings. The van der Waals surface area contributed by atoms with E-state index in [1.54, 1.807) is 4.68 Å². The van der Waals surface area contributed by atoms with Gasteiger partial charge in [-0.15, -0.1) is 0 Å². The van der Waals surface area contributed by atoms with Gasteiger partial charge in [0, 0.05) is 48.4 Å². The van der Waals surface area contributed by atoms with Crippen molar-refractivity contribution in [3.63, 3.8) is 0 Å². The predicted molar refractivity (Wildman–Crippen MR) is 110 cm³/mol. The lowest BCUT2D eigenvalue weighted by atomic mass is 9.99. The first-order chi connectivity index (χ1) is 13.2. The number of hydrogen-bond donors (Lipinski definition) is 3. The minimum Gasteiger partial charge on any atom is -0.382 e. The molecule has 0 unspecified atom stereocenters. The summed E-state index contributed by atoms with van der Waals surface area (Å²) in [7, 11) is 1.91. The van der Waals surface area contributed by atoms with Crippen molar-refractivity contribution in [2.24, 2.45) is 7.05 Å². The van der Waals surface area contributed by atoms with Gasteiger partial charge in [-0.3, -0.25) is 9.78 Å². The monoisotopic (exact) mass is 356 g/mol. The molecule has 134 valence electrons. The van der Waals surface area contributed by atoms with Gasteiger partial charge in [0.1, 0.15) is 5.69 Å². The molecule has 6 heteroatoms. The molecular weight excluding hydrogens is 336 g/mol. The molecule has 5 rings (SSSR count). The molecule has 4 aromatic rings. The molecule has 2 aromatic carbocycles. The fraction of sp³-hybridized carbons (Fsp3) is 0.143. The molecule has 0 aliphatic carbocycles. The lowest BCUT2D eigenvalue weighted by molar-refractivity contribution is 0.768. The molecule has 0 radical (unpaired) electrons. The summed E-state index contributed by atoms with van der Waals surface area (Å²) in [5, 5.41) is 20.0. The number of benzene rings is 2. The maximum atomic E-state index is 4.51. The van der Waals surface area contributed by atoms with Crippen molar-refractivity contribution in [3.8, 4) is 22.4 Å². The van der Waals surface area contributed by atoms with E-state index >= 15 is 0 Å². The van der Waals surface area contributed by atoms with Gasteiger partial charge in [-0.05, 0) is 23.8 Å². The van der Waals surface area contributed by atoms with Gasteiger partial charge in [0.25, 0.3) is 0 Å². The molecule has 3 heterocycles. The molecule has 27 heavy (non-hydrogen) atoms. The number of rotatable bonds is 2. The first kappa shape index (κ1) is 15.7. The Kier molecular flexibility index (Phi) is 3.50. The topological polar surface area (TPSA) is 70.6 Å². The van der Waals surface area contributed by atoms with Gasteiger partial charge in [-0.2, -0.15) is 10.2 Å². The Hall–Kier alpha value is -3.54. The average molecular weight is 356 g/mol. The van der Waals surface area contributed by atoms with E-state index in [1.807, 2.05) is 19.4 Å². The van der Waals surface area contributed by atoms with Gasteiger partial charge < -0.3 is 10.6 Å². The van der Waals surface area contributed by atoms with E-state index in [0.717, 1.165) is 63.3 Å². The number of aromatic amines is 1. The second kappa shape index (κ2) is 6.02. The van der Waals surface area contributed by atoms with E-state index in [2.05, 4.69) is 68.9 Å². The third-order valence-electron chi connectivity index (χ3n) is 4.96. The molecule has 0 fully saturated rings. The maximum Gasteiger partial charge on any atom is 0.103 e. The molecule has 6 nitrogen and oxygen atoms in total. The molecular formula is C21H20N6. The Morgan fingerprint density at radius 2 is 2.07 bits per heavy atom. The number of nitrogens with one attached hydrogen (secondary N) is 3. The number of aryl methyl sites for hydroxylation is 1. The zero-order valence-corrected chi connectivity index (χ0v) is 15.1. The van der Waals surface area contributed by atoms with E-state index in [4.69, 9.17) is 0 Å². The van der Waals surface area contributed by atoms with Crippen LogP contribution in [0.2, 0.25) is 0 Å². The molecule has 0 saturated carbocycles. The third-order valence-corrected chi connectivity index (χ3v) is 4.96. The number of nitrogens with zero attached hydrogens (tertiary/aromatic N) is 3. The van der Waals surface area contributed by atoms with Crippen LogP contribution in [0.3, 0.4) is 0 Å². The maximum absolute atomic E-state index is 4.51. The van der Waals surface area contributed by atoms with Crippen LogP contribution in [0.1, 0.15) is 6.42 Å². The summed E-state index contributed by atoms with van der Waals surface area (Å²) in [6.07, 6.45) is 4.72. The number of para-hydroxylation sites is 1. The summed E-state index contributed by atoms with van der Waals surface area (Å²) in [6, 6.07) is 12.7. The fourth-order valence-electron chi connectivity index (χ4n) is 3.62. The highest BCUT2D eigenvalue weighted by Gasteiger charge is 2.16. The highest BCUT2D eigenvalue weighted by atomic mass is 15.2. The third kappa shape index (κ3) is 2.66. The highest BCUT2D eigenvalue weighted by molar-refractivity contribution is 5.98. The smallest absolute Gasteiger partial charge is 0.103 e. The number of anilines is 2. The largest absolute Gasteiger partial charge is 0.382 e. The van der Waals surface area contributed by atoms with Gasteiger partial charge >= 0.3 is 0 Å². The van der Waals surface area contributed by atoms with Crippen molar-refractivity contribution in [2.75, 3.05) is 17.2 Å². The summed E-state index contributed by atoms with van der Waals surface area (Å²) in [5.74, 6) is 0. The molecule has 3 N–H and O–H groups in total. The molecule has 0 atom stereocenters. The average Bonchev–Trinajstić information content (AvgIpc) is 3.22. The van der Waals surface area contributed by atoms with E-state index in [1.165, 1.54) is 0 Å². The van der Waals surface area contributed by atoms with Gasteiger partial charge in [-0.1, -0.05) is 24.8 Å². The van der Waals surface area contributed by atoms with Gasteiger partial charge in [0.2, 0.25) is 0 Å². The van der Waals surface area contributed by atoms with Crippen LogP contribution in [-0.4, -0.2) is 26.5 Å². The zero-order valence-electron chi connectivity index (χ0n) is 15.1. The molecule has 1 aliphatic heterocycles. The second-order valence-corrected chi connectivity index (χ2v) is 6.87. The van der Waals surface area contributed by atoms with E-state index in [0.29, 0.717) is 0 Å². The van der Waals surface area contributed by atoms with E-state index < -0.39 is 0 Å². The van der Waals surface area contributed by atoms with Crippen molar-refractivity contribution in [3.05, 3.63) is 61.1 Å². The lowest BCUT2D eigenvalue weighted by Crippen LogP contribution is -2.00. The Bertz CT molecular complexity index is 1170. The van der Waals surface area contributed by atoms with E-state index in [-0.39, 0.29) is 0 Å². The summed E-state index contributed by atoms with van der Waals surface area (Å²) in [6.45, 7) is 4.95. The van der Waals surface area contributed by atoms with Gasteiger partial charge in [0.15, 0.2) is 0 Å². The van der Waals surface area contributed by atoms with Crippen molar-refractivity contribution < 1.29 is 0 Å².